The van der Waals surface area contributed by atoms with Crippen LogP contribution in [0.1, 0.15) is 24.4 Å². The third-order valence-corrected chi connectivity index (χ3v) is 3.69. The monoisotopic (exact) mass is 250 g/mol. The summed E-state index contributed by atoms with van der Waals surface area (Å²) in [4.78, 5) is 0. The number of benzene rings is 1. The Hall–Kier alpha value is -1.26. The lowest BCUT2D eigenvalue weighted by Gasteiger charge is -2.29. The van der Waals surface area contributed by atoms with Crippen molar-refractivity contribution in [1.29, 1.82) is 0 Å². The summed E-state index contributed by atoms with van der Waals surface area (Å²) < 4.78 is 10.6. The van der Waals surface area contributed by atoms with E-state index >= 15 is 0 Å². The molecule has 0 saturated carbocycles. The fourth-order valence-electron chi connectivity index (χ4n) is 2.55. The van der Waals surface area contributed by atoms with Gasteiger partial charge in [0.15, 0.2) is 0 Å². The Kier molecular flexibility index (Phi) is 4.44. The van der Waals surface area contributed by atoms with Crippen molar-refractivity contribution in [2.75, 3.05) is 27.3 Å². The lowest BCUT2D eigenvalue weighted by molar-refractivity contribution is 0.312. The fourth-order valence-corrected chi connectivity index (χ4v) is 2.55. The zero-order chi connectivity index (χ0) is 13.0. The van der Waals surface area contributed by atoms with Gasteiger partial charge in [0.25, 0.3) is 0 Å². The number of nitrogens with two attached hydrogens (primary N) is 1. The molecule has 1 aromatic rings. The molecule has 0 spiro atoms. The number of ether oxygens (including phenoxy) is 2. The second-order valence-corrected chi connectivity index (χ2v) is 4.72. The predicted octanol–water partition coefficient (Wildman–Crippen LogP) is 1.70. The van der Waals surface area contributed by atoms with Crippen molar-refractivity contribution in [3.05, 3.63) is 23.8 Å². The predicted molar refractivity (Wildman–Crippen MR) is 72.1 cm³/mol. The first-order chi connectivity index (χ1) is 8.76. The summed E-state index contributed by atoms with van der Waals surface area (Å²) in [7, 11) is 3.33. The van der Waals surface area contributed by atoms with Gasteiger partial charge in [0.2, 0.25) is 0 Å². The molecule has 1 atom stereocenters. The van der Waals surface area contributed by atoms with E-state index in [1.807, 2.05) is 18.2 Å². The van der Waals surface area contributed by atoms with Gasteiger partial charge in [0.05, 0.1) is 14.2 Å². The second-order valence-electron chi connectivity index (χ2n) is 4.72. The molecule has 0 aromatic heterocycles. The fraction of sp³-hybridized carbons (Fsp3) is 0.571. The summed E-state index contributed by atoms with van der Waals surface area (Å²) in [6, 6.07) is 5.90. The molecule has 2 rings (SSSR count). The maximum absolute atomic E-state index is 6.39. The summed E-state index contributed by atoms with van der Waals surface area (Å²) in [5.41, 5.74) is 7.46. The average molecular weight is 250 g/mol. The van der Waals surface area contributed by atoms with Crippen LogP contribution in [0.5, 0.6) is 11.5 Å². The van der Waals surface area contributed by atoms with Gasteiger partial charge in [-0.05, 0) is 37.9 Å². The van der Waals surface area contributed by atoms with Crippen LogP contribution < -0.4 is 20.5 Å². The van der Waals surface area contributed by atoms with Crippen molar-refractivity contribution in [2.45, 2.75) is 18.9 Å². The van der Waals surface area contributed by atoms with Crippen molar-refractivity contribution in [3.8, 4) is 11.5 Å². The quantitative estimate of drug-likeness (QED) is 0.854. The molecular weight excluding hydrogens is 228 g/mol. The molecule has 1 aromatic carbocycles. The SMILES string of the molecule is COc1ccc(C(N)C2CCNCC2)c(OC)c1. The second kappa shape index (κ2) is 6.07. The van der Waals surface area contributed by atoms with Gasteiger partial charge >= 0.3 is 0 Å². The van der Waals surface area contributed by atoms with Crippen LogP contribution >= 0.6 is 0 Å². The minimum absolute atomic E-state index is 0.0351. The summed E-state index contributed by atoms with van der Waals surface area (Å²) in [6.07, 6.45) is 2.24. The third kappa shape index (κ3) is 2.76. The molecule has 0 radical (unpaired) electrons. The minimum atomic E-state index is 0.0351. The van der Waals surface area contributed by atoms with Crippen LogP contribution in [0.15, 0.2) is 18.2 Å². The standard InChI is InChI=1S/C14H22N2O2/c1-17-11-3-4-12(13(9-11)18-2)14(15)10-5-7-16-8-6-10/h3-4,9-10,14,16H,5-8,15H2,1-2H3. The highest BCUT2D eigenvalue weighted by Gasteiger charge is 2.24. The number of hydrogen-bond donors (Lipinski definition) is 2. The number of nitrogens with one attached hydrogen (secondary N) is 1. The zero-order valence-electron chi connectivity index (χ0n) is 11.1. The lowest BCUT2D eigenvalue weighted by Crippen LogP contribution is -2.33. The van der Waals surface area contributed by atoms with E-state index in [1.165, 1.54) is 0 Å². The van der Waals surface area contributed by atoms with Gasteiger partial charge in [-0.1, -0.05) is 6.07 Å². The number of methoxy groups -OCH3 is 2. The normalized spacial score (nSPS) is 18.4. The van der Waals surface area contributed by atoms with E-state index in [-0.39, 0.29) is 6.04 Å². The van der Waals surface area contributed by atoms with Gasteiger partial charge in [-0.25, -0.2) is 0 Å². The molecular formula is C14H22N2O2. The Bertz CT molecular complexity index is 389. The molecule has 1 saturated heterocycles. The van der Waals surface area contributed by atoms with E-state index in [0.717, 1.165) is 43.0 Å². The molecule has 1 heterocycles. The highest BCUT2D eigenvalue weighted by Crippen LogP contribution is 2.34. The van der Waals surface area contributed by atoms with Crippen LogP contribution in [0.25, 0.3) is 0 Å². The minimum Gasteiger partial charge on any atom is -0.497 e. The van der Waals surface area contributed by atoms with E-state index in [1.54, 1.807) is 14.2 Å². The molecule has 4 nitrogen and oxygen atoms in total. The van der Waals surface area contributed by atoms with Crippen LogP contribution in [0, 0.1) is 5.92 Å². The van der Waals surface area contributed by atoms with Crippen LogP contribution in [-0.4, -0.2) is 27.3 Å². The Morgan fingerprint density at radius 1 is 1.22 bits per heavy atom. The van der Waals surface area contributed by atoms with Gasteiger partial charge in [-0.3, -0.25) is 0 Å². The maximum Gasteiger partial charge on any atom is 0.127 e. The summed E-state index contributed by atoms with van der Waals surface area (Å²) in [5, 5.41) is 3.36. The highest BCUT2D eigenvalue weighted by atomic mass is 16.5. The molecule has 0 amide bonds. The molecule has 100 valence electrons. The first kappa shape index (κ1) is 13.2. The molecule has 3 N–H and O–H groups in total. The van der Waals surface area contributed by atoms with Crippen molar-refractivity contribution in [3.63, 3.8) is 0 Å². The Morgan fingerprint density at radius 3 is 2.56 bits per heavy atom. The van der Waals surface area contributed by atoms with Crippen LogP contribution in [-0.2, 0) is 0 Å². The van der Waals surface area contributed by atoms with E-state index in [4.69, 9.17) is 15.2 Å². The van der Waals surface area contributed by atoms with Crippen molar-refractivity contribution in [1.82, 2.24) is 5.32 Å². The first-order valence-corrected chi connectivity index (χ1v) is 6.44. The zero-order valence-corrected chi connectivity index (χ0v) is 11.1. The van der Waals surface area contributed by atoms with Crippen molar-refractivity contribution < 1.29 is 9.47 Å². The maximum atomic E-state index is 6.39. The van der Waals surface area contributed by atoms with E-state index < -0.39 is 0 Å². The molecule has 0 bridgehead atoms. The summed E-state index contributed by atoms with van der Waals surface area (Å²) >= 11 is 0. The lowest BCUT2D eigenvalue weighted by atomic mass is 9.86. The van der Waals surface area contributed by atoms with E-state index in [2.05, 4.69) is 5.32 Å². The molecule has 0 aliphatic carbocycles. The summed E-state index contributed by atoms with van der Waals surface area (Å²) in [6.45, 7) is 2.10. The number of hydrogen-bond acceptors (Lipinski definition) is 4. The van der Waals surface area contributed by atoms with E-state index in [0.29, 0.717) is 5.92 Å². The van der Waals surface area contributed by atoms with Crippen molar-refractivity contribution in [2.24, 2.45) is 11.7 Å². The van der Waals surface area contributed by atoms with Crippen molar-refractivity contribution >= 4 is 0 Å². The molecule has 1 aliphatic rings. The Labute approximate surface area is 108 Å². The van der Waals surface area contributed by atoms with Crippen LogP contribution in [0.3, 0.4) is 0 Å². The molecule has 1 unspecified atom stereocenters. The summed E-state index contributed by atoms with van der Waals surface area (Å²) in [5.74, 6) is 2.14. The first-order valence-electron chi connectivity index (χ1n) is 6.44. The topological polar surface area (TPSA) is 56.5 Å². The average Bonchev–Trinajstić information content (AvgIpc) is 2.46. The van der Waals surface area contributed by atoms with Crippen LogP contribution in [0.2, 0.25) is 0 Å². The third-order valence-electron chi connectivity index (χ3n) is 3.69. The molecule has 4 heteroatoms. The Balaban J connectivity index is 2.20. The largest absolute Gasteiger partial charge is 0.497 e. The van der Waals surface area contributed by atoms with Gasteiger partial charge in [0.1, 0.15) is 11.5 Å². The van der Waals surface area contributed by atoms with Crippen LogP contribution in [0.4, 0.5) is 0 Å². The highest BCUT2D eigenvalue weighted by molar-refractivity contribution is 5.42. The van der Waals surface area contributed by atoms with Gasteiger partial charge in [0, 0.05) is 17.7 Å². The van der Waals surface area contributed by atoms with Gasteiger partial charge in [-0.2, -0.15) is 0 Å². The van der Waals surface area contributed by atoms with Gasteiger partial charge < -0.3 is 20.5 Å². The molecule has 1 fully saturated rings. The molecule has 18 heavy (non-hydrogen) atoms. The van der Waals surface area contributed by atoms with E-state index in [9.17, 15) is 0 Å². The number of rotatable bonds is 4. The Morgan fingerprint density at radius 2 is 1.94 bits per heavy atom. The molecule has 1 aliphatic heterocycles. The van der Waals surface area contributed by atoms with Gasteiger partial charge in [-0.15, -0.1) is 0 Å². The number of piperidine rings is 1. The smallest absolute Gasteiger partial charge is 0.127 e.